The zero-order valence-corrected chi connectivity index (χ0v) is 15.7. The van der Waals surface area contributed by atoms with E-state index in [1.165, 1.54) is 13.2 Å². The smallest absolute Gasteiger partial charge is 0.291 e. The summed E-state index contributed by atoms with van der Waals surface area (Å²) >= 11 is 0. The molecular weight excluding hydrogens is 372 g/mol. The van der Waals surface area contributed by atoms with Crippen molar-refractivity contribution in [2.75, 3.05) is 27.8 Å². The molecule has 148 valence electrons. The predicted octanol–water partition coefficient (Wildman–Crippen LogP) is 3.54. The van der Waals surface area contributed by atoms with Gasteiger partial charge in [0, 0.05) is 29.7 Å². The Morgan fingerprint density at radius 3 is 2.14 bits per heavy atom. The molecule has 8 heteroatoms. The molecule has 0 aliphatic rings. The van der Waals surface area contributed by atoms with Crippen LogP contribution < -0.4 is 21.3 Å². The summed E-state index contributed by atoms with van der Waals surface area (Å²) in [7, 11) is 0. The van der Waals surface area contributed by atoms with Crippen molar-refractivity contribution in [1.29, 1.82) is 0 Å². The monoisotopic (exact) mass is 392 g/mol. The maximum atomic E-state index is 12.1. The highest BCUT2D eigenvalue weighted by molar-refractivity contribution is 6.02. The van der Waals surface area contributed by atoms with Crippen molar-refractivity contribution in [1.82, 2.24) is 0 Å². The first-order valence-corrected chi connectivity index (χ1v) is 8.86. The summed E-state index contributed by atoms with van der Waals surface area (Å²) in [4.78, 5) is 35.2. The number of rotatable bonds is 7. The largest absolute Gasteiger partial charge is 0.459 e. The van der Waals surface area contributed by atoms with E-state index in [4.69, 9.17) is 4.42 Å². The molecule has 0 aliphatic carbocycles. The van der Waals surface area contributed by atoms with Crippen LogP contribution in [0.1, 0.15) is 17.5 Å². The van der Waals surface area contributed by atoms with E-state index in [0.29, 0.717) is 22.7 Å². The Morgan fingerprint density at radius 2 is 1.48 bits per heavy atom. The summed E-state index contributed by atoms with van der Waals surface area (Å²) in [6.07, 6.45) is 1.43. The highest BCUT2D eigenvalue weighted by atomic mass is 16.3. The molecule has 0 spiro atoms. The number of furan rings is 1. The topological polar surface area (TPSA) is 112 Å². The first-order chi connectivity index (χ1) is 14.0. The Hall–Kier alpha value is -4.07. The number of carbonyl (C=O) groups is 3. The molecule has 0 saturated carbocycles. The van der Waals surface area contributed by atoms with Crippen LogP contribution in [-0.2, 0) is 9.59 Å². The lowest BCUT2D eigenvalue weighted by atomic mass is 10.2. The Kier molecular flexibility index (Phi) is 6.26. The van der Waals surface area contributed by atoms with Gasteiger partial charge >= 0.3 is 0 Å². The van der Waals surface area contributed by atoms with Crippen LogP contribution in [0.5, 0.6) is 0 Å². The SMILES string of the molecule is CC(=O)Nc1ccc(NC(=O)CNc2cccc(NC(=O)c3ccco3)c2)cc1. The molecule has 1 aromatic heterocycles. The molecule has 29 heavy (non-hydrogen) atoms. The highest BCUT2D eigenvalue weighted by Gasteiger charge is 2.09. The minimum absolute atomic E-state index is 0.0447. The lowest BCUT2D eigenvalue weighted by Gasteiger charge is -2.10. The Labute approximate surface area is 167 Å². The van der Waals surface area contributed by atoms with Gasteiger partial charge in [0.05, 0.1) is 12.8 Å². The molecule has 0 fully saturated rings. The second-order valence-electron chi connectivity index (χ2n) is 6.17. The molecule has 3 rings (SSSR count). The predicted molar refractivity (Wildman–Crippen MR) is 111 cm³/mol. The molecule has 0 bridgehead atoms. The van der Waals surface area contributed by atoms with Crippen LogP contribution in [0, 0.1) is 0 Å². The summed E-state index contributed by atoms with van der Waals surface area (Å²) < 4.78 is 5.06. The number of amides is 3. The fourth-order valence-corrected chi connectivity index (χ4v) is 2.54. The second kappa shape index (κ2) is 9.23. The third-order valence-electron chi connectivity index (χ3n) is 3.81. The van der Waals surface area contributed by atoms with Gasteiger partial charge in [0.2, 0.25) is 11.8 Å². The van der Waals surface area contributed by atoms with Crippen LogP contribution in [0.15, 0.2) is 71.3 Å². The van der Waals surface area contributed by atoms with Gasteiger partial charge in [-0.25, -0.2) is 0 Å². The lowest BCUT2D eigenvalue weighted by Crippen LogP contribution is -2.21. The van der Waals surface area contributed by atoms with Crippen LogP contribution in [-0.4, -0.2) is 24.3 Å². The van der Waals surface area contributed by atoms with E-state index in [1.54, 1.807) is 60.7 Å². The minimum atomic E-state index is -0.354. The number of hydrogen-bond acceptors (Lipinski definition) is 5. The van der Waals surface area contributed by atoms with Gasteiger partial charge in [0.1, 0.15) is 0 Å². The fourth-order valence-electron chi connectivity index (χ4n) is 2.54. The van der Waals surface area contributed by atoms with Crippen molar-refractivity contribution in [3.63, 3.8) is 0 Å². The van der Waals surface area contributed by atoms with E-state index < -0.39 is 0 Å². The zero-order valence-electron chi connectivity index (χ0n) is 15.7. The fraction of sp³-hybridized carbons (Fsp3) is 0.0952. The van der Waals surface area contributed by atoms with Crippen LogP contribution in [0.2, 0.25) is 0 Å². The van der Waals surface area contributed by atoms with Gasteiger partial charge in [-0.05, 0) is 54.6 Å². The quantitative estimate of drug-likeness (QED) is 0.491. The molecule has 2 aromatic carbocycles. The van der Waals surface area contributed by atoms with Crippen LogP contribution in [0.4, 0.5) is 22.7 Å². The van der Waals surface area contributed by atoms with Gasteiger partial charge in [-0.15, -0.1) is 0 Å². The third-order valence-corrected chi connectivity index (χ3v) is 3.81. The van der Waals surface area contributed by atoms with E-state index in [0.717, 1.165) is 0 Å². The van der Waals surface area contributed by atoms with Gasteiger partial charge in [-0.1, -0.05) is 6.07 Å². The molecular formula is C21H20N4O4. The highest BCUT2D eigenvalue weighted by Crippen LogP contribution is 2.17. The van der Waals surface area contributed by atoms with Crippen molar-refractivity contribution in [2.45, 2.75) is 6.92 Å². The van der Waals surface area contributed by atoms with Crippen LogP contribution >= 0.6 is 0 Å². The molecule has 4 N–H and O–H groups in total. The Balaban J connectivity index is 1.51. The summed E-state index contributed by atoms with van der Waals surface area (Å²) in [5.41, 5.74) is 2.52. The standard InChI is InChI=1S/C21H20N4O4/c1-14(26)23-15-7-9-16(10-8-15)24-20(27)13-22-17-4-2-5-18(12-17)25-21(28)19-6-3-11-29-19/h2-12,22H,13H2,1H3,(H,23,26)(H,24,27)(H,25,28). The molecule has 3 amide bonds. The molecule has 3 aromatic rings. The zero-order chi connectivity index (χ0) is 20.6. The number of carbonyl (C=O) groups excluding carboxylic acids is 3. The van der Waals surface area contributed by atoms with Crippen molar-refractivity contribution in [3.8, 4) is 0 Å². The van der Waals surface area contributed by atoms with Crippen molar-refractivity contribution < 1.29 is 18.8 Å². The van der Waals surface area contributed by atoms with E-state index in [1.807, 2.05) is 0 Å². The maximum absolute atomic E-state index is 12.1. The molecule has 8 nitrogen and oxygen atoms in total. The molecule has 0 atom stereocenters. The molecule has 0 radical (unpaired) electrons. The summed E-state index contributed by atoms with van der Waals surface area (Å²) in [6, 6.07) is 17.0. The second-order valence-corrected chi connectivity index (χ2v) is 6.17. The summed E-state index contributed by atoms with van der Waals surface area (Å²) in [5.74, 6) is -0.532. The first kappa shape index (κ1) is 19.7. The molecule has 0 saturated heterocycles. The lowest BCUT2D eigenvalue weighted by molar-refractivity contribution is -0.115. The molecule has 1 heterocycles. The van der Waals surface area contributed by atoms with Crippen LogP contribution in [0.3, 0.4) is 0 Å². The van der Waals surface area contributed by atoms with Crippen LogP contribution in [0.25, 0.3) is 0 Å². The van der Waals surface area contributed by atoms with E-state index >= 15 is 0 Å². The van der Waals surface area contributed by atoms with Gasteiger partial charge in [0.25, 0.3) is 5.91 Å². The van der Waals surface area contributed by atoms with Crippen molar-refractivity contribution in [3.05, 3.63) is 72.7 Å². The molecule has 0 unspecified atom stereocenters. The van der Waals surface area contributed by atoms with E-state index in [-0.39, 0.29) is 30.0 Å². The first-order valence-electron chi connectivity index (χ1n) is 8.86. The Bertz CT molecular complexity index is 998. The van der Waals surface area contributed by atoms with Gasteiger partial charge < -0.3 is 25.7 Å². The van der Waals surface area contributed by atoms with Gasteiger partial charge in [-0.3, -0.25) is 14.4 Å². The normalized spacial score (nSPS) is 10.1. The van der Waals surface area contributed by atoms with Crippen molar-refractivity contribution >= 4 is 40.5 Å². The number of hydrogen-bond donors (Lipinski definition) is 4. The third kappa shape index (κ3) is 5.96. The van der Waals surface area contributed by atoms with Gasteiger partial charge in [-0.2, -0.15) is 0 Å². The summed E-state index contributed by atoms with van der Waals surface area (Å²) in [6.45, 7) is 1.47. The average Bonchev–Trinajstić information content (AvgIpc) is 3.23. The Morgan fingerprint density at radius 1 is 0.793 bits per heavy atom. The minimum Gasteiger partial charge on any atom is -0.459 e. The van der Waals surface area contributed by atoms with E-state index in [2.05, 4.69) is 21.3 Å². The summed E-state index contributed by atoms with van der Waals surface area (Å²) in [5, 5.41) is 11.2. The maximum Gasteiger partial charge on any atom is 0.291 e. The number of benzene rings is 2. The van der Waals surface area contributed by atoms with E-state index in [9.17, 15) is 14.4 Å². The van der Waals surface area contributed by atoms with Gasteiger partial charge in [0.15, 0.2) is 5.76 Å². The number of anilines is 4. The molecule has 0 aliphatic heterocycles. The van der Waals surface area contributed by atoms with Crippen molar-refractivity contribution in [2.24, 2.45) is 0 Å². The number of nitrogens with one attached hydrogen (secondary N) is 4. The average molecular weight is 392 g/mol.